The minimum atomic E-state index is -4.35. The summed E-state index contributed by atoms with van der Waals surface area (Å²) in [6.45, 7) is 2.74. The smallest absolute Gasteiger partial charge is 0.748 e. The monoisotopic (exact) mass is 724 g/mol. The van der Waals surface area contributed by atoms with Gasteiger partial charge in [0.05, 0.1) is 44.1 Å². The van der Waals surface area contributed by atoms with Crippen LogP contribution in [0, 0.1) is 0 Å². The molecule has 3 aromatic carbocycles. The Morgan fingerprint density at radius 2 is 1.65 bits per heavy atom. The summed E-state index contributed by atoms with van der Waals surface area (Å²) < 4.78 is 76.6. The summed E-state index contributed by atoms with van der Waals surface area (Å²) in [4.78, 5) is 3.11. The Labute approximate surface area is 321 Å². The SMILES string of the molecule is CCC(/C=C1\Sc2ccc(-c3ccccc3)cc2N1CCCS(=O)(=O)[O-])=C\c1sc2ccc(OC)cc2[n+]1CCCS(=O)(=O)[O-].[K+]. The van der Waals surface area contributed by atoms with Gasteiger partial charge in [0.15, 0.2) is 6.54 Å². The van der Waals surface area contributed by atoms with Crippen LogP contribution in [0.4, 0.5) is 5.69 Å². The number of ether oxygens (including phenoxy) is 1. The molecule has 1 aliphatic heterocycles. The second-order valence-electron chi connectivity index (χ2n) is 10.5. The number of aryl methyl sites for hydroxylation is 1. The van der Waals surface area contributed by atoms with Crippen molar-refractivity contribution in [3.63, 3.8) is 0 Å². The fourth-order valence-corrected chi connectivity index (χ4v) is 8.41. The van der Waals surface area contributed by atoms with Crippen molar-refractivity contribution in [1.82, 2.24) is 0 Å². The average molecular weight is 725 g/mol. The van der Waals surface area contributed by atoms with Crippen LogP contribution in [-0.4, -0.2) is 51.1 Å². The summed E-state index contributed by atoms with van der Waals surface area (Å²) in [5.74, 6) is -0.233. The number of benzene rings is 3. The van der Waals surface area contributed by atoms with Crippen molar-refractivity contribution >= 4 is 65.3 Å². The van der Waals surface area contributed by atoms with E-state index in [1.54, 1.807) is 30.2 Å². The topological polar surface area (TPSA) is 131 Å². The zero-order chi connectivity index (χ0) is 32.2. The van der Waals surface area contributed by atoms with E-state index in [0.717, 1.165) is 47.5 Å². The third-order valence-electron chi connectivity index (χ3n) is 7.35. The van der Waals surface area contributed by atoms with Gasteiger partial charge in [-0.15, -0.1) is 0 Å². The molecule has 9 nitrogen and oxygen atoms in total. The normalized spacial score (nSPS) is 14.5. The summed E-state index contributed by atoms with van der Waals surface area (Å²) in [5, 5.41) is 1.81. The number of allylic oxidation sites excluding steroid dienone is 2. The Balaban J connectivity index is 0.00000480. The van der Waals surface area contributed by atoms with Gasteiger partial charge < -0.3 is 18.7 Å². The van der Waals surface area contributed by atoms with Gasteiger partial charge in [-0.05, 0) is 59.9 Å². The predicted molar refractivity (Wildman–Crippen MR) is 178 cm³/mol. The molecule has 1 aromatic heterocycles. The first kappa shape index (κ1) is 37.3. The quantitative estimate of drug-likeness (QED) is 0.116. The minimum absolute atomic E-state index is 0. The third kappa shape index (κ3) is 9.75. The fourth-order valence-electron chi connectivity index (χ4n) is 5.16. The molecule has 0 atom stereocenters. The molecule has 0 amide bonds. The number of nitrogens with zero attached hydrogens (tertiary/aromatic N) is 2. The van der Waals surface area contributed by atoms with E-state index in [1.165, 1.54) is 0 Å². The number of thiazole rings is 1. The van der Waals surface area contributed by atoms with E-state index in [1.807, 2.05) is 60.0 Å². The molecule has 0 unspecified atom stereocenters. The molecule has 46 heavy (non-hydrogen) atoms. The number of anilines is 1. The predicted octanol–water partition coefficient (Wildman–Crippen LogP) is 2.99. The molecular formula is C32H33KN2O7S4. The molecule has 0 fully saturated rings. The molecule has 14 heteroatoms. The van der Waals surface area contributed by atoms with Crippen LogP contribution < -0.4 is 65.6 Å². The summed E-state index contributed by atoms with van der Waals surface area (Å²) in [5.41, 5.74) is 4.93. The maximum Gasteiger partial charge on any atom is 1.00 e. The number of methoxy groups -OCH3 is 1. The summed E-state index contributed by atoms with van der Waals surface area (Å²) >= 11 is 3.15. The molecule has 1 aliphatic rings. The second kappa shape index (κ2) is 16.2. The number of rotatable bonds is 13. The van der Waals surface area contributed by atoms with Gasteiger partial charge >= 0.3 is 51.4 Å². The van der Waals surface area contributed by atoms with E-state index >= 15 is 0 Å². The molecule has 0 bridgehead atoms. The van der Waals surface area contributed by atoms with Gasteiger partial charge in [0.1, 0.15) is 10.4 Å². The van der Waals surface area contributed by atoms with Crippen LogP contribution in [0.5, 0.6) is 5.75 Å². The van der Waals surface area contributed by atoms with Crippen molar-refractivity contribution in [3.05, 3.63) is 88.4 Å². The first-order chi connectivity index (χ1) is 21.4. The molecule has 5 rings (SSSR count). The Morgan fingerprint density at radius 1 is 0.935 bits per heavy atom. The molecule has 238 valence electrons. The third-order valence-corrected chi connectivity index (χ3v) is 11.2. The van der Waals surface area contributed by atoms with Gasteiger partial charge in [0.25, 0.3) is 5.01 Å². The second-order valence-corrected chi connectivity index (χ2v) is 15.7. The molecule has 0 saturated carbocycles. The van der Waals surface area contributed by atoms with Crippen molar-refractivity contribution in [2.75, 3.05) is 30.1 Å². The Kier molecular flexibility index (Phi) is 13.1. The van der Waals surface area contributed by atoms with E-state index in [4.69, 9.17) is 4.74 Å². The van der Waals surface area contributed by atoms with Gasteiger partial charge in [-0.25, -0.2) is 16.8 Å². The van der Waals surface area contributed by atoms with Gasteiger partial charge in [-0.3, -0.25) is 0 Å². The van der Waals surface area contributed by atoms with Gasteiger partial charge in [0, 0.05) is 35.4 Å². The largest absolute Gasteiger partial charge is 1.00 e. The maximum absolute atomic E-state index is 11.4. The number of thioether (sulfide) groups is 1. The molecule has 0 spiro atoms. The minimum Gasteiger partial charge on any atom is -0.748 e. The van der Waals surface area contributed by atoms with Gasteiger partial charge in [-0.1, -0.05) is 66.4 Å². The van der Waals surface area contributed by atoms with Crippen molar-refractivity contribution in [2.24, 2.45) is 0 Å². The van der Waals surface area contributed by atoms with Crippen LogP contribution in [0.2, 0.25) is 0 Å². The first-order valence-electron chi connectivity index (χ1n) is 14.4. The Hall–Kier alpha value is -1.56. The maximum atomic E-state index is 11.4. The first-order valence-corrected chi connectivity index (χ1v) is 19.2. The van der Waals surface area contributed by atoms with Gasteiger partial charge in [-0.2, -0.15) is 4.57 Å². The average Bonchev–Trinajstić information content (AvgIpc) is 3.52. The van der Waals surface area contributed by atoms with Crippen LogP contribution in [0.1, 0.15) is 31.2 Å². The number of aromatic nitrogens is 1. The summed E-state index contributed by atoms with van der Waals surface area (Å²) in [6, 6.07) is 22.0. The van der Waals surface area contributed by atoms with Crippen LogP contribution in [-0.2, 0) is 26.8 Å². The Morgan fingerprint density at radius 3 is 2.33 bits per heavy atom. The van der Waals surface area contributed by atoms with E-state index in [-0.39, 0.29) is 64.2 Å². The van der Waals surface area contributed by atoms with Crippen molar-refractivity contribution in [3.8, 4) is 16.9 Å². The molecule has 2 heterocycles. The van der Waals surface area contributed by atoms with Crippen LogP contribution in [0.3, 0.4) is 0 Å². The number of fused-ring (bicyclic) bond motifs is 2. The van der Waals surface area contributed by atoms with Crippen LogP contribution in [0.15, 0.2) is 88.3 Å². The van der Waals surface area contributed by atoms with E-state index in [2.05, 4.69) is 35.3 Å². The fraction of sp³-hybridized carbons (Fsp3) is 0.281. The van der Waals surface area contributed by atoms with E-state index < -0.39 is 31.7 Å². The van der Waals surface area contributed by atoms with Crippen LogP contribution in [0.25, 0.3) is 27.4 Å². The molecule has 0 saturated heterocycles. The Bertz CT molecular complexity index is 1980. The summed E-state index contributed by atoms with van der Waals surface area (Å²) in [7, 11) is -7.11. The molecule has 0 aliphatic carbocycles. The molecule has 0 radical (unpaired) electrons. The number of hydrogen-bond acceptors (Lipinski definition) is 10. The van der Waals surface area contributed by atoms with Gasteiger partial charge in [0.2, 0.25) is 5.52 Å². The van der Waals surface area contributed by atoms with Crippen molar-refractivity contribution in [1.29, 1.82) is 0 Å². The zero-order valence-electron chi connectivity index (χ0n) is 25.8. The van der Waals surface area contributed by atoms with E-state index in [0.29, 0.717) is 25.3 Å². The zero-order valence-corrected chi connectivity index (χ0v) is 32.2. The molecule has 0 N–H and O–H groups in total. The van der Waals surface area contributed by atoms with Crippen molar-refractivity contribution in [2.45, 2.75) is 37.6 Å². The molecular weight excluding hydrogens is 692 g/mol. The van der Waals surface area contributed by atoms with E-state index in [9.17, 15) is 25.9 Å². The standard InChI is InChI=1S/C32H34N2O7S4.K/c1-3-23(20-32-34(16-8-18-45(38,39)40)28-22-26(41-2)12-14-30(28)43-32)19-31-33(15-7-17-44(35,36)37)27-21-25(11-13-29(27)42-31)24-9-5-4-6-10-24;/h4-6,9-14,19-22H,3,7-8,15-18H2,1-2H3,(H-,35,36,37,38,39,40);/q;+1/p-1. The summed E-state index contributed by atoms with van der Waals surface area (Å²) in [6.07, 6.45) is 5.19. The van der Waals surface area contributed by atoms with Crippen LogP contribution >= 0.6 is 23.1 Å². The molecule has 4 aromatic rings. The number of hydrogen-bond donors (Lipinski definition) is 0. The van der Waals surface area contributed by atoms with Crippen molar-refractivity contribution < 1.29 is 86.6 Å².